The Morgan fingerprint density at radius 2 is 1.90 bits per heavy atom. The molecular weight excluding hydrogens is 314 g/mol. The standard InChI is InChI=1S/C14H14ClNO4S/c15-11-6-8-12(9-7-11)21(19,20)16-13(14(17)18)10-4-2-1-3-5-10/h1-2,5-9,13,16H,3-4H2,(H,17,18)/t13-/m1/s1. The van der Waals surface area contributed by atoms with Crippen LogP contribution in [0.4, 0.5) is 0 Å². The van der Waals surface area contributed by atoms with Crippen LogP contribution in [0.5, 0.6) is 0 Å². The zero-order chi connectivity index (χ0) is 15.5. The van der Waals surface area contributed by atoms with Gasteiger partial charge in [-0.25, -0.2) is 8.42 Å². The van der Waals surface area contributed by atoms with Gasteiger partial charge in [0.2, 0.25) is 10.0 Å². The second kappa shape index (κ2) is 6.43. The van der Waals surface area contributed by atoms with E-state index in [4.69, 9.17) is 11.6 Å². The number of carboxylic acids is 1. The number of allylic oxidation sites excluding steroid dienone is 3. The van der Waals surface area contributed by atoms with Crippen molar-refractivity contribution in [2.24, 2.45) is 0 Å². The summed E-state index contributed by atoms with van der Waals surface area (Å²) in [7, 11) is -3.93. The van der Waals surface area contributed by atoms with Crippen LogP contribution in [0.3, 0.4) is 0 Å². The van der Waals surface area contributed by atoms with Crippen molar-refractivity contribution in [1.29, 1.82) is 0 Å². The molecule has 0 spiro atoms. The van der Waals surface area contributed by atoms with E-state index in [9.17, 15) is 18.3 Å². The molecule has 1 atom stereocenters. The predicted octanol–water partition coefficient (Wildman–Crippen LogP) is 2.35. The lowest BCUT2D eigenvalue weighted by Gasteiger charge is -2.19. The smallest absolute Gasteiger partial charge is 0.326 e. The highest BCUT2D eigenvalue weighted by Crippen LogP contribution is 2.19. The fourth-order valence-corrected chi connectivity index (χ4v) is 3.29. The van der Waals surface area contributed by atoms with Gasteiger partial charge in [0.1, 0.15) is 6.04 Å². The fourth-order valence-electron chi connectivity index (χ4n) is 1.98. The van der Waals surface area contributed by atoms with E-state index in [0.29, 0.717) is 23.4 Å². The lowest BCUT2D eigenvalue weighted by molar-refractivity contribution is -0.138. The zero-order valence-electron chi connectivity index (χ0n) is 11.0. The molecule has 0 aromatic heterocycles. The summed E-state index contributed by atoms with van der Waals surface area (Å²) in [6.45, 7) is 0. The summed E-state index contributed by atoms with van der Waals surface area (Å²) in [5, 5.41) is 9.67. The van der Waals surface area contributed by atoms with Gasteiger partial charge in [0, 0.05) is 5.02 Å². The summed E-state index contributed by atoms with van der Waals surface area (Å²) in [5.41, 5.74) is 0.530. The molecule has 0 saturated carbocycles. The van der Waals surface area contributed by atoms with E-state index in [1.54, 1.807) is 6.08 Å². The second-order valence-electron chi connectivity index (χ2n) is 4.54. The van der Waals surface area contributed by atoms with Gasteiger partial charge in [-0.15, -0.1) is 0 Å². The SMILES string of the molecule is O=C(O)[C@H](NS(=O)(=O)c1ccc(Cl)cc1)C1=CCC=CC1. The van der Waals surface area contributed by atoms with Gasteiger partial charge < -0.3 is 5.11 Å². The number of benzene rings is 1. The number of sulfonamides is 1. The molecule has 112 valence electrons. The van der Waals surface area contributed by atoms with E-state index in [-0.39, 0.29) is 4.90 Å². The topological polar surface area (TPSA) is 83.5 Å². The number of aliphatic carboxylic acids is 1. The molecule has 5 nitrogen and oxygen atoms in total. The molecule has 0 amide bonds. The maximum Gasteiger partial charge on any atom is 0.326 e. The van der Waals surface area contributed by atoms with E-state index in [0.717, 1.165) is 0 Å². The summed E-state index contributed by atoms with van der Waals surface area (Å²) in [5.74, 6) is -1.23. The van der Waals surface area contributed by atoms with Crippen molar-refractivity contribution in [3.8, 4) is 0 Å². The Morgan fingerprint density at radius 1 is 1.24 bits per heavy atom. The first-order chi connectivity index (χ1) is 9.90. The monoisotopic (exact) mass is 327 g/mol. The summed E-state index contributed by atoms with van der Waals surface area (Å²) < 4.78 is 26.7. The number of rotatable bonds is 5. The van der Waals surface area contributed by atoms with Crippen LogP contribution in [-0.4, -0.2) is 25.5 Å². The average molecular weight is 328 g/mol. The Balaban J connectivity index is 2.25. The van der Waals surface area contributed by atoms with Crippen LogP contribution in [-0.2, 0) is 14.8 Å². The number of halogens is 1. The third-order valence-corrected chi connectivity index (χ3v) is 4.74. The third kappa shape index (κ3) is 3.93. The van der Waals surface area contributed by atoms with Gasteiger partial charge >= 0.3 is 5.97 Å². The maximum absolute atomic E-state index is 12.2. The van der Waals surface area contributed by atoms with Gasteiger partial charge in [-0.1, -0.05) is 29.8 Å². The van der Waals surface area contributed by atoms with Crippen molar-refractivity contribution in [2.75, 3.05) is 0 Å². The lowest BCUT2D eigenvalue weighted by atomic mass is 9.99. The van der Waals surface area contributed by atoms with E-state index in [1.807, 2.05) is 12.2 Å². The van der Waals surface area contributed by atoms with Gasteiger partial charge in [-0.05, 0) is 42.7 Å². The normalized spacial score (nSPS) is 16.3. The quantitative estimate of drug-likeness (QED) is 0.813. The van der Waals surface area contributed by atoms with Crippen molar-refractivity contribution >= 4 is 27.6 Å². The Bertz CT molecular complexity index is 692. The average Bonchev–Trinajstić information content (AvgIpc) is 2.46. The van der Waals surface area contributed by atoms with Gasteiger partial charge in [0.05, 0.1) is 4.90 Å². The third-order valence-electron chi connectivity index (χ3n) is 3.05. The number of hydrogen-bond donors (Lipinski definition) is 2. The minimum Gasteiger partial charge on any atom is -0.480 e. The Labute approximate surface area is 128 Å². The highest BCUT2D eigenvalue weighted by Gasteiger charge is 2.28. The molecule has 1 aliphatic carbocycles. The van der Waals surface area contributed by atoms with E-state index in [1.165, 1.54) is 24.3 Å². The Morgan fingerprint density at radius 3 is 2.43 bits per heavy atom. The van der Waals surface area contributed by atoms with Gasteiger partial charge in [-0.2, -0.15) is 4.72 Å². The second-order valence-corrected chi connectivity index (χ2v) is 6.69. The first-order valence-corrected chi connectivity index (χ1v) is 8.11. The van der Waals surface area contributed by atoms with Gasteiger partial charge in [0.25, 0.3) is 0 Å². The van der Waals surface area contributed by atoms with E-state index < -0.39 is 22.0 Å². The molecule has 1 aromatic rings. The molecule has 0 radical (unpaired) electrons. The van der Waals surface area contributed by atoms with Crippen molar-refractivity contribution in [2.45, 2.75) is 23.8 Å². The molecule has 0 aliphatic heterocycles. The van der Waals surface area contributed by atoms with E-state index in [2.05, 4.69) is 4.72 Å². The summed E-state index contributed by atoms with van der Waals surface area (Å²) >= 11 is 5.71. The molecule has 0 fully saturated rings. The molecule has 2 N–H and O–H groups in total. The van der Waals surface area contributed by atoms with Crippen molar-refractivity contribution in [3.05, 3.63) is 53.1 Å². The molecule has 1 aromatic carbocycles. The number of carboxylic acid groups (broad SMARTS) is 1. The minimum atomic E-state index is -3.93. The van der Waals surface area contributed by atoms with Crippen LogP contribution in [0.25, 0.3) is 0 Å². The van der Waals surface area contributed by atoms with Crippen LogP contribution in [0.15, 0.2) is 53.0 Å². The van der Waals surface area contributed by atoms with Crippen LogP contribution < -0.4 is 4.72 Å². The van der Waals surface area contributed by atoms with Crippen LogP contribution in [0, 0.1) is 0 Å². The van der Waals surface area contributed by atoms with Crippen molar-refractivity contribution in [3.63, 3.8) is 0 Å². The van der Waals surface area contributed by atoms with Crippen molar-refractivity contribution in [1.82, 2.24) is 4.72 Å². The molecule has 7 heteroatoms. The van der Waals surface area contributed by atoms with Crippen molar-refractivity contribution < 1.29 is 18.3 Å². The number of carbonyl (C=O) groups is 1. The number of hydrogen-bond acceptors (Lipinski definition) is 3. The van der Waals surface area contributed by atoms with Crippen LogP contribution in [0.1, 0.15) is 12.8 Å². The maximum atomic E-state index is 12.2. The molecule has 2 rings (SSSR count). The molecule has 21 heavy (non-hydrogen) atoms. The molecule has 0 bridgehead atoms. The molecule has 1 aliphatic rings. The molecule has 0 unspecified atom stereocenters. The summed E-state index contributed by atoms with van der Waals surface area (Å²) in [6, 6.07) is 4.27. The summed E-state index contributed by atoms with van der Waals surface area (Å²) in [4.78, 5) is 11.3. The van der Waals surface area contributed by atoms with E-state index >= 15 is 0 Å². The fraction of sp³-hybridized carbons (Fsp3) is 0.214. The molecule has 0 heterocycles. The van der Waals surface area contributed by atoms with Crippen LogP contribution in [0.2, 0.25) is 5.02 Å². The largest absolute Gasteiger partial charge is 0.480 e. The summed E-state index contributed by atoms with van der Waals surface area (Å²) in [6.07, 6.45) is 6.46. The highest BCUT2D eigenvalue weighted by atomic mass is 35.5. The highest BCUT2D eigenvalue weighted by molar-refractivity contribution is 7.89. The molecular formula is C14H14ClNO4S. The Kier molecular flexibility index (Phi) is 4.82. The zero-order valence-corrected chi connectivity index (χ0v) is 12.6. The minimum absolute atomic E-state index is 0.0231. The van der Waals surface area contributed by atoms with Crippen LogP contribution >= 0.6 is 11.6 Å². The molecule has 0 saturated heterocycles. The number of nitrogens with one attached hydrogen (secondary N) is 1. The van der Waals surface area contributed by atoms with Gasteiger partial charge in [-0.3, -0.25) is 4.79 Å². The lowest BCUT2D eigenvalue weighted by Crippen LogP contribution is -2.42. The first kappa shape index (κ1) is 15.8. The van der Waals surface area contributed by atoms with Gasteiger partial charge in [0.15, 0.2) is 0 Å². The first-order valence-electron chi connectivity index (χ1n) is 6.25. The Hall–Kier alpha value is -1.63. The predicted molar refractivity (Wildman–Crippen MR) is 79.7 cm³/mol.